The number of halogens is 3. The first kappa shape index (κ1) is 15.0. The summed E-state index contributed by atoms with van der Waals surface area (Å²) in [6, 6.07) is 9.85. The SMILES string of the molecule is Cc1cccc(CNc2cc(OC(F)F)c(F)cc2N)c1. The van der Waals surface area contributed by atoms with E-state index in [1.165, 1.54) is 0 Å². The van der Waals surface area contributed by atoms with Gasteiger partial charge in [-0.25, -0.2) is 4.39 Å². The number of aryl methyl sites for hydroxylation is 1. The number of nitrogens with two attached hydrogens (primary N) is 1. The van der Waals surface area contributed by atoms with Crippen molar-refractivity contribution >= 4 is 11.4 Å². The topological polar surface area (TPSA) is 47.3 Å². The molecule has 0 saturated heterocycles. The summed E-state index contributed by atoms with van der Waals surface area (Å²) in [5.41, 5.74) is 8.23. The summed E-state index contributed by atoms with van der Waals surface area (Å²) in [5, 5.41) is 2.98. The molecule has 0 fully saturated rings. The van der Waals surface area contributed by atoms with Crippen LogP contribution in [0.1, 0.15) is 11.1 Å². The minimum absolute atomic E-state index is 0.127. The van der Waals surface area contributed by atoms with E-state index in [-0.39, 0.29) is 5.69 Å². The molecule has 112 valence electrons. The molecule has 0 unspecified atom stereocenters. The van der Waals surface area contributed by atoms with Crippen molar-refractivity contribution < 1.29 is 17.9 Å². The van der Waals surface area contributed by atoms with Crippen molar-refractivity contribution in [2.45, 2.75) is 20.1 Å². The van der Waals surface area contributed by atoms with E-state index in [9.17, 15) is 13.2 Å². The van der Waals surface area contributed by atoms with Crippen molar-refractivity contribution in [3.05, 3.63) is 53.3 Å². The maximum atomic E-state index is 13.4. The Kier molecular flexibility index (Phi) is 4.57. The molecule has 0 spiro atoms. The summed E-state index contributed by atoms with van der Waals surface area (Å²) in [7, 11) is 0. The minimum Gasteiger partial charge on any atom is -0.432 e. The highest BCUT2D eigenvalue weighted by molar-refractivity contribution is 5.68. The van der Waals surface area contributed by atoms with Gasteiger partial charge in [-0.2, -0.15) is 8.78 Å². The first-order valence-corrected chi connectivity index (χ1v) is 6.29. The van der Waals surface area contributed by atoms with Gasteiger partial charge in [0.1, 0.15) is 0 Å². The number of benzene rings is 2. The van der Waals surface area contributed by atoms with Gasteiger partial charge in [-0.1, -0.05) is 29.8 Å². The lowest BCUT2D eigenvalue weighted by Gasteiger charge is -2.13. The fourth-order valence-corrected chi connectivity index (χ4v) is 1.93. The van der Waals surface area contributed by atoms with Crippen molar-refractivity contribution in [1.29, 1.82) is 0 Å². The molecule has 0 aliphatic carbocycles. The maximum absolute atomic E-state index is 13.4. The Balaban J connectivity index is 2.15. The molecule has 2 rings (SSSR count). The summed E-state index contributed by atoms with van der Waals surface area (Å²) in [4.78, 5) is 0. The molecule has 0 bridgehead atoms. The molecule has 0 saturated carbocycles. The van der Waals surface area contributed by atoms with Crippen LogP contribution in [0.15, 0.2) is 36.4 Å². The molecule has 0 aliphatic rings. The van der Waals surface area contributed by atoms with Crippen LogP contribution in [-0.2, 0) is 6.54 Å². The van der Waals surface area contributed by atoms with Gasteiger partial charge < -0.3 is 15.8 Å². The zero-order chi connectivity index (χ0) is 15.4. The molecule has 3 nitrogen and oxygen atoms in total. The second-order valence-electron chi connectivity index (χ2n) is 4.59. The van der Waals surface area contributed by atoms with Crippen LogP contribution >= 0.6 is 0 Å². The van der Waals surface area contributed by atoms with Gasteiger partial charge >= 0.3 is 6.61 Å². The third-order valence-corrected chi connectivity index (χ3v) is 2.89. The largest absolute Gasteiger partial charge is 0.432 e. The minimum atomic E-state index is -3.09. The molecule has 0 aliphatic heterocycles. The first-order chi connectivity index (χ1) is 9.95. The van der Waals surface area contributed by atoms with Crippen molar-refractivity contribution in [2.75, 3.05) is 11.1 Å². The Morgan fingerprint density at radius 2 is 2.00 bits per heavy atom. The predicted molar refractivity (Wildman–Crippen MR) is 76.0 cm³/mol. The summed E-state index contributed by atoms with van der Waals surface area (Å²) in [6.07, 6.45) is 0. The summed E-state index contributed by atoms with van der Waals surface area (Å²) < 4.78 is 41.9. The van der Waals surface area contributed by atoms with E-state index in [4.69, 9.17) is 5.73 Å². The smallest absolute Gasteiger partial charge is 0.387 e. The van der Waals surface area contributed by atoms with E-state index in [0.29, 0.717) is 12.2 Å². The molecule has 0 heterocycles. The van der Waals surface area contributed by atoms with Crippen molar-refractivity contribution in [2.24, 2.45) is 0 Å². The Morgan fingerprint density at radius 3 is 2.67 bits per heavy atom. The van der Waals surface area contributed by atoms with Crippen LogP contribution in [0.25, 0.3) is 0 Å². The second-order valence-corrected chi connectivity index (χ2v) is 4.59. The highest BCUT2D eigenvalue weighted by Gasteiger charge is 2.13. The molecular formula is C15H15F3N2O. The van der Waals surface area contributed by atoms with Gasteiger partial charge in [0.2, 0.25) is 0 Å². The van der Waals surface area contributed by atoms with Crippen LogP contribution in [0.3, 0.4) is 0 Å². The average Bonchev–Trinajstić information content (AvgIpc) is 2.40. The summed E-state index contributed by atoms with van der Waals surface area (Å²) in [5.74, 6) is -1.46. The molecule has 0 atom stereocenters. The number of nitrogen functional groups attached to an aromatic ring is 1. The van der Waals surface area contributed by atoms with E-state index in [2.05, 4.69) is 10.1 Å². The van der Waals surface area contributed by atoms with Gasteiger partial charge in [0, 0.05) is 18.7 Å². The Labute approximate surface area is 120 Å². The zero-order valence-electron chi connectivity index (χ0n) is 11.4. The normalized spacial score (nSPS) is 10.7. The molecular weight excluding hydrogens is 281 g/mol. The Bertz CT molecular complexity index is 632. The van der Waals surface area contributed by atoms with Gasteiger partial charge in [-0.05, 0) is 12.5 Å². The van der Waals surface area contributed by atoms with E-state index >= 15 is 0 Å². The molecule has 21 heavy (non-hydrogen) atoms. The molecule has 0 aromatic heterocycles. The molecule has 3 N–H and O–H groups in total. The average molecular weight is 296 g/mol. The molecule has 2 aromatic rings. The highest BCUT2D eigenvalue weighted by Crippen LogP contribution is 2.29. The lowest BCUT2D eigenvalue weighted by Crippen LogP contribution is -2.07. The van der Waals surface area contributed by atoms with Crippen molar-refractivity contribution in [1.82, 2.24) is 0 Å². The van der Waals surface area contributed by atoms with Crippen molar-refractivity contribution in [3.63, 3.8) is 0 Å². The third kappa shape index (κ3) is 4.05. The zero-order valence-corrected chi connectivity index (χ0v) is 11.4. The fourth-order valence-electron chi connectivity index (χ4n) is 1.93. The number of hydrogen-bond acceptors (Lipinski definition) is 3. The number of hydrogen-bond donors (Lipinski definition) is 2. The monoisotopic (exact) mass is 296 g/mol. The lowest BCUT2D eigenvalue weighted by atomic mass is 10.1. The predicted octanol–water partition coefficient (Wildman–Crippen LogP) is 3.93. The number of alkyl halides is 2. The molecule has 0 amide bonds. The van der Waals surface area contributed by atoms with E-state index in [1.54, 1.807) is 0 Å². The second kappa shape index (κ2) is 6.39. The third-order valence-electron chi connectivity index (χ3n) is 2.89. The van der Waals surface area contributed by atoms with Crippen molar-refractivity contribution in [3.8, 4) is 5.75 Å². The van der Waals surface area contributed by atoms with Crippen LogP contribution < -0.4 is 15.8 Å². The van der Waals surface area contributed by atoms with E-state index in [1.807, 2.05) is 31.2 Å². The summed E-state index contributed by atoms with van der Waals surface area (Å²) >= 11 is 0. The maximum Gasteiger partial charge on any atom is 0.387 e. The van der Waals surface area contributed by atoms with E-state index in [0.717, 1.165) is 23.3 Å². The van der Waals surface area contributed by atoms with Gasteiger partial charge in [-0.3, -0.25) is 0 Å². The number of rotatable bonds is 5. The molecule has 2 aromatic carbocycles. The van der Waals surface area contributed by atoms with E-state index < -0.39 is 18.2 Å². The molecule has 6 heteroatoms. The van der Waals surface area contributed by atoms with Gasteiger partial charge in [0.05, 0.1) is 11.4 Å². The number of anilines is 2. The number of nitrogens with one attached hydrogen (secondary N) is 1. The van der Waals surface area contributed by atoms with Gasteiger partial charge in [0.25, 0.3) is 0 Å². The summed E-state index contributed by atoms with van der Waals surface area (Å²) in [6.45, 7) is -0.691. The van der Waals surface area contributed by atoms with Crippen LogP contribution in [-0.4, -0.2) is 6.61 Å². The number of ether oxygens (including phenoxy) is 1. The quantitative estimate of drug-likeness (QED) is 0.822. The van der Waals surface area contributed by atoms with Crippen LogP contribution in [0.5, 0.6) is 5.75 Å². The first-order valence-electron chi connectivity index (χ1n) is 6.29. The fraction of sp³-hybridized carbons (Fsp3) is 0.200. The van der Waals surface area contributed by atoms with Crippen LogP contribution in [0.4, 0.5) is 24.5 Å². The molecule has 0 radical (unpaired) electrons. The van der Waals surface area contributed by atoms with Crippen LogP contribution in [0, 0.1) is 12.7 Å². The lowest BCUT2D eigenvalue weighted by molar-refractivity contribution is -0.0521. The van der Waals surface area contributed by atoms with Crippen LogP contribution in [0.2, 0.25) is 0 Å². The highest BCUT2D eigenvalue weighted by atomic mass is 19.3. The van der Waals surface area contributed by atoms with Gasteiger partial charge in [-0.15, -0.1) is 0 Å². The Hall–Kier alpha value is -2.37. The standard InChI is InChI=1S/C15H15F3N2O/c1-9-3-2-4-10(5-9)8-20-13-7-14(21-15(17)18)11(16)6-12(13)19/h2-7,15,20H,8,19H2,1H3. The van der Waals surface area contributed by atoms with Gasteiger partial charge in [0.15, 0.2) is 11.6 Å². The Morgan fingerprint density at radius 1 is 1.24 bits per heavy atom.